The highest BCUT2D eigenvalue weighted by Crippen LogP contribution is 2.27. The Bertz CT molecular complexity index is 516. The Morgan fingerprint density at radius 2 is 1.87 bits per heavy atom. The summed E-state index contributed by atoms with van der Waals surface area (Å²) in [7, 11) is 0. The van der Waals surface area contributed by atoms with E-state index in [0.717, 1.165) is 18.4 Å². The van der Waals surface area contributed by atoms with Crippen molar-refractivity contribution in [1.82, 2.24) is 5.32 Å². The summed E-state index contributed by atoms with van der Waals surface area (Å²) >= 11 is 0. The first-order valence-corrected chi connectivity index (χ1v) is 7.85. The molecule has 1 amide bonds. The van der Waals surface area contributed by atoms with Crippen LogP contribution in [0.5, 0.6) is 0 Å². The molecule has 1 aliphatic carbocycles. The molecule has 1 saturated carbocycles. The van der Waals surface area contributed by atoms with E-state index in [9.17, 15) is 9.59 Å². The summed E-state index contributed by atoms with van der Waals surface area (Å²) in [5, 5.41) is 2.84. The zero-order valence-corrected chi connectivity index (χ0v) is 14.2. The van der Waals surface area contributed by atoms with Crippen LogP contribution in [-0.4, -0.2) is 30.6 Å². The molecule has 1 aromatic rings. The summed E-state index contributed by atoms with van der Waals surface area (Å²) in [6.45, 7) is 2.30. The third-order valence-corrected chi connectivity index (χ3v) is 4.19. The Morgan fingerprint density at radius 3 is 2.43 bits per heavy atom. The lowest BCUT2D eigenvalue weighted by Crippen LogP contribution is -2.52. The predicted octanol–water partition coefficient (Wildman–Crippen LogP) is 2.14. The van der Waals surface area contributed by atoms with Gasteiger partial charge < -0.3 is 15.8 Å². The first-order valence-electron chi connectivity index (χ1n) is 7.85. The quantitative estimate of drug-likeness (QED) is 0.777. The lowest BCUT2D eigenvalue weighted by Gasteiger charge is -2.24. The summed E-state index contributed by atoms with van der Waals surface area (Å²) in [5.74, 6) is -1.00. The van der Waals surface area contributed by atoms with Crippen LogP contribution in [0.25, 0.3) is 0 Å². The van der Waals surface area contributed by atoms with Crippen LogP contribution in [0.15, 0.2) is 30.3 Å². The standard InChI is InChI=1S/C17H24N2O3.ClH/c1-2-22-15(20)14(13-8-4-3-5-9-13)12-19-16(21)17(18)10-6-7-11-17;/h3-5,8-9,14H,2,6-7,10-12,18H2,1H3,(H,19,21);1H. The van der Waals surface area contributed by atoms with Crippen LogP contribution in [0.2, 0.25) is 0 Å². The number of rotatable bonds is 6. The van der Waals surface area contributed by atoms with Crippen molar-refractivity contribution >= 4 is 24.3 Å². The minimum absolute atomic E-state index is 0. The predicted molar refractivity (Wildman–Crippen MR) is 91.5 cm³/mol. The van der Waals surface area contributed by atoms with Gasteiger partial charge in [0.1, 0.15) is 0 Å². The minimum Gasteiger partial charge on any atom is -0.465 e. The summed E-state index contributed by atoms with van der Waals surface area (Å²) < 4.78 is 5.12. The topological polar surface area (TPSA) is 81.4 Å². The molecule has 0 saturated heterocycles. The van der Waals surface area contributed by atoms with Crippen molar-refractivity contribution in [2.45, 2.75) is 44.1 Å². The molecule has 1 aromatic carbocycles. The number of hydrogen-bond donors (Lipinski definition) is 2. The Labute approximate surface area is 143 Å². The number of nitrogens with one attached hydrogen (secondary N) is 1. The molecule has 0 spiro atoms. The maximum atomic E-state index is 12.3. The van der Waals surface area contributed by atoms with Gasteiger partial charge in [-0.3, -0.25) is 9.59 Å². The largest absolute Gasteiger partial charge is 0.465 e. The van der Waals surface area contributed by atoms with Crippen LogP contribution in [0, 0.1) is 0 Å². The summed E-state index contributed by atoms with van der Waals surface area (Å²) in [6.07, 6.45) is 3.36. The molecular weight excluding hydrogens is 316 g/mol. The molecule has 0 aromatic heterocycles. The third kappa shape index (κ3) is 4.94. The summed E-state index contributed by atoms with van der Waals surface area (Å²) in [6, 6.07) is 9.34. The number of hydrogen-bond acceptors (Lipinski definition) is 4. The van der Waals surface area contributed by atoms with E-state index in [0.29, 0.717) is 19.4 Å². The Morgan fingerprint density at radius 1 is 1.26 bits per heavy atom. The van der Waals surface area contributed by atoms with Gasteiger partial charge in [-0.05, 0) is 25.3 Å². The van der Waals surface area contributed by atoms with Gasteiger partial charge in [-0.1, -0.05) is 43.2 Å². The van der Waals surface area contributed by atoms with Crippen molar-refractivity contribution < 1.29 is 14.3 Å². The van der Waals surface area contributed by atoms with E-state index in [1.54, 1.807) is 6.92 Å². The second-order valence-corrected chi connectivity index (χ2v) is 5.79. The van der Waals surface area contributed by atoms with E-state index < -0.39 is 11.5 Å². The van der Waals surface area contributed by atoms with Crippen LogP contribution in [0.1, 0.15) is 44.1 Å². The number of carbonyl (C=O) groups excluding carboxylic acids is 2. The smallest absolute Gasteiger partial charge is 0.315 e. The number of ether oxygens (including phenoxy) is 1. The fraction of sp³-hybridized carbons (Fsp3) is 0.529. The van der Waals surface area contributed by atoms with E-state index in [4.69, 9.17) is 10.5 Å². The number of esters is 1. The molecule has 0 bridgehead atoms. The van der Waals surface area contributed by atoms with Crippen LogP contribution in [-0.2, 0) is 14.3 Å². The van der Waals surface area contributed by atoms with Crippen molar-refractivity contribution in [1.29, 1.82) is 0 Å². The Kier molecular flexibility index (Phi) is 7.52. The first-order chi connectivity index (χ1) is 10.6. The van der Waals surface area contributed by atoms with E-state index in [1.165, 1.54) is 0 Å². The second-order valence-electron chi connectivity index (χ2n) is 5.79. The van der Waals surface area contributed by atoms with Gasteiger partial charge in [0.15, 0.2) is 0 Å². The number of amides is 1. The van der Waals surface area contributed by atoms with Gasteiger partial charge in [0, 0.05) is 6.54 Å². The van der Waals surface area contributed by atoms with Crippen LogP contribution < -0.4 is 11.1 Å². The Balaban J connectivity index is 0.00000264. The molecule has 0 radical (unpaired) electrons. The summed E-state index contributed by atoms with van der Waals surface area (Å²) in [5.41, 5.74) is 6.18. The van der Waals surface area contributed by atoms with Crippen LogP contribution in [0.4, 0.5) is 0 Å². The highest BCUT2D eigenvalue weighted by molar-refractivity contribution is 5.87. The molecule has 2 rings (SSSR count). The molecule has 1 atom stereocenters. The van der Waals surface area contributed by atoms with E-state index in [2.05, 4.69) is 5.32 Å². The van der Waals surface area contributed by atoms with Gasteiger partial charge >= 0.3 is 5.97 Å². The number of nitrogens with two attached hydrogens (primary N) is 1. The second kappa shape index (κ2) is 8.89. The first kappa shape index (κ1) is 19.5. The van der Waals surface area contributed by atoms with Crippen LogP contribution in [0.3, 0.4) is 0 Å². The molecule has 1 fully saturated rings. The number of carbonyl (C=O) groups is 2. The normalized spacial score (nSPS) is 17.0. The van der Waals surface area contributed by atoms with Gasteiger partial charge in [-0.15, -0.1) is 12.4 Å². The van der Waals surface area contributed by atoms with E-state index in [1.807, 2.05) is 30.3 Å². The highest BCUT2D eigenvalue weighted by atomic mass is 35.5. The van der Waals surface area contributed by atoms with Crippen molar-refractivity contribution in [3.05, 3.63) is 35.9 Å². The highest BCUT2D eigenvalue weighted by Gasteiger charge is 2.37. The lowest BCUT2D eigenvalue weighted by atomic mass is 9.96. The van der Waals surface area contributed by atoms with Gasteiger partial charge in [0.05, 0.1) is 18.1 Å². The molecule has 0 heterocycles. The average Bonchev–Trinajstić information content (AvgIpc) is 2.97. The van der Waals surface area contributed by atoms with Crippen molar-refractivity contribution in [3.8, 4) is 0 Å². The summed E-state index contributed by atoms with van der Waals surface area (Å²) in [4.78, 5) is 24.4. The molecule has 3 N–H and O–H groups in total. The zero-order chi connectivity index (χ0) is 16.0. The fourth-order valence-electron chi connectivity index (χ4n) is 2.87. The van der Waals surface area contributed by atoms with Crippen molar-refractivity contribution in [2.75, 3.05) is 13.2 Å². The number of benzene rings is 1. The average molecular weight is 341 g/mol. The molecule has 6 heteroatoms. The third-order valence-electron chi connectivity index (χ3n) is 4.19. The maximum absolute atomic E-state index is 12.3. The van der Waals surface area contributed by atoms with Crippen LogP contribution >= 0.6 is 12.4 Å². The van der Waals surface area contributed by atoms with Crippen molar-refractivity contribution in [3.63, 3.8) is 0 Å². The molecule has 1 aliphatic rings. The monoisotopic (exact) mass is 340 g/mol. The Hall–Kier alpha value is -1.59. The van der Waals surface area contributed by atoms with Gasteiger partial charge in [0.2, 0.25) is 5.91 Å². The fourth-order valence-corrected chi connectivity index (χ4v) is 2.87. The van der Waals surface area contributed by atoms with Crippen molar-refractivity contribution in [2.24, 2.45) is 5.73 Å². The minimum atomic E-state index is -0.782. The van der Waals surface area contributed by atoms with E-state index >= 15 is 0 Å². The molecule has 5 nitrogen and oxygen atoms in total. The lowest BCUT2D eigenvalue weighted by molar-refractivity contribution is -0.145. The van der Waals surface area contributed by atoms with Gasteiger partial charge in [-0.25, -0.2) is 0 Å². The van der Waals surface area contributed by atoms with Gasteiger partial charge in [-0.2, -0.15) is 0 Å². The van der Waals surface area contributed by atoms with E-state index in [-0.39, 0.29) is 30.8 Å². The molecule has 1 unspecified atom stereocenters. The molecule has 23 heavy (non-hydrogen) atoms. The molecule has 128 valence electrons. The van der Waals surface area contributed by atoms with Gasteiger partial charge in [0.25, 0.3) is 0 Å². The molecule has 0 aliphatic heterocycles. The number of halogens is 1. The zero-order valence-electron chi connectivity index (χ0n) is 13.4. The SMILES string of the molecule is CCOC(=O)C(CNC(=O)C1(N)CCCC1)c1ccccc1.Cl. The molecular formula is C17H25ClN2O3. The maximum Gasteiger partial charge on any atom is 0.315 e.